The van der Waals surface area contributed by atoms with Crippen molar-refractivity contribution >= 4 is 17.2 Å². The fraction of sp³-hybridized carbons (Fsp3) is 0.750. The van der Waals surface area contributed by atoms with Crippen LogP contribution in [0.15, 0.2) is 5.38 Å². The van der Waals surface area contributed by atoms with E-state index in [0.29, 0.717) is 31.9 Å². The molecule has 0 aliphatic carbocycles. The van der Waals surface area contributed by atoms with Gasteiger partial charge >= 0.3 is 0 Å². The number of aliphatic hydroxyl groups is 1. The van der Waals surface area contributed by atoms with Crippen molar-refractivity contribution in [1.82, 2.24) is 14.8 Å². The van der Waals surface area contributed by atoms with E-state index in [-0.39, 0.29) is 17.4 Å². The standard InChI is InChI=1S/C16H27N3O3S/c1-16(2,3)13(20)9-18-5-7-19(8-6-18)15(21)12-11-23-14(17-12)10-22-4/h11,13,20H,5-10H2,1-4H3. The number of aromatic nitrogens is 1. The summed E-state index contributed by atoms with van der Waals surface area (Å²) in [6.45, 7) is 10.1. The third-order valence-electron chi connectivity index (χ3n) is 4.13. The monoisotopic (exact) mass is 341 g/mol. The van der Waals surface area contributed by atoms with Gasteiger partial charge in [-0.05, 0) is 5.41 Å². The molecular weight excluding hydrogens is 314 g/mol. The third kappa shape index (κ3) is 4.97. The normalized spacial score (nSPS) is 18.2. The zero-order chi connectivity index (χ0) is 17.0. The smallest absolute Gasteiger partial charge is 0.273 e. The molecule has 1 unspecified atom stereocenters. The molecule has 1 saturated heterocycles. The minimum Gasteiger partial charge on any atom is -0.391 e. The Labute approximate surface area is 142 Å². The molecule has 1 fully saturated rings. The molecule has 0 radical (unpaired) electrons. The second kappa shape index (κ2) is 7.70. The van der Waals surface area contributed by atoms with Crippen LogP contribution in [0.5, 0.6) is 0 Å². The van der Waals surface area contributed by atoms with E-state index in [1.807, 2.05) is 25.7 Å². The Morgan fingerprint density at radius 3 is 2.61 bits per heavy atom. The molecule has 2 rings (SSSR count). The lowest BCUT2D eigenvalue weighted by Crippen LogP contribution is -2.51. The Morgan fingerprint density at radius 1 is 1.39 bits per heavy atom. The summed E-state index contributed by atoms with van der Waals surface area (Å²) in [6, 6.07) is 0. The first-order valence-electron chi connectivity index (χ1n) is 7.94. The number of piperazine rings is 1. The summed E-state index contributed by atoms with van der Waals surface area (Å²) >= 11 is 1.45. The number of carbonyl (C=O) groups is 1. The van der Waals surface area contributed by atoms with E-state index in [1.165, 1.54) is 11.3 Å². The first-order chi connectivity index (χ1) is 10.8. The van der Waals surface area contributed by atoms with Crippen molar-refractivity contribution in [3.05, 3.63) is 16.1 Å². The number of β-amino-alcohol motifs (C(OH)–C–C–N with tert-alkyl or cyclic N) is 1. The number of amides is 1. The number of carbonyl (C=O) groups excluding carboxylic acids is 1. The number of hydrogen-bond acceptors (Lipinski definition) is 6. The summed E-state index contributed by atoms with van der Waals surface area (Å²) in [6.07, 6.45) is -0.361. The minimum absolute atomic E-state index is 0.0142. The van der Waals surface area contributed by atoms with Crippen LogP contribution in [0.2, 0.25) is 0 Å². The van der Waals surface area contributed by atoms with Crippen molar-refractivity contribution in [1.29, 1.82) is 0 Å². The second-order valence-corrected chi connectivity index (χ2v) is 7.98. The van der Waals surface area contributed by atoms with Gasteiger partial charge in [0, 0.05) is 45.2 Å². The predicted octanol–water partition coefficient (Wildman–Crippen LogP) is 1.45. The van der Waals surface area contributed by atoms with E-state index in [0.717, 1.165) is 18.1 Å². The predicted molar refractivity (Wildman–Crippen MR) is 90.6 cm³/mol. The average molecular weight is 341 g/mol. The molecule has 1 amide bonds. The zero-order valence-corrected chi connectivity index (χ0v) is 15.2. The van der Waals surface area contributed by atoms with E-state index in [9.17, 15) is 9.90 Å². The van der Waals surface area contributed by atoms with Crippen LogP contribution in [-0.4, -0.2) is 71.7 Å². The number of methoxy groups -OCH3 is 1. The lowest BCUT2D eigenvalue weighted by Gasteiger charge is -2.37. The van der Waals surface area contributed by atoms with Crippen molar-refractivity contribution in [2.45, 2.75) is 33.5 Å². The van der Waals surface area contributed by atoms with Crippen LogP contribution in [0.4, 0.5) is 0 Å². The molecule has 1 aromatic heterocycles. The second-order valence-electron chi connectivity index (χ2n) is 7.03. The third-order valence-corrected chi connectivity index (χ3v) is 4.95. The molecule has 1 aromatic rings. The number of hydrogen-bond donors (Lipinski definition) is 1. The summed E-state index contributed by atoms with van der Waals surface area (Å²) < 4.78 is 5.04. The van der Waals surface area contributed by atoms with Gasteiger partial charge in [-0.3, -0.25) is 9.69 Å². The highest BCUT2D eigenvalue weighted by atomic mass is 32.1. The lowest BCUT2D eigenvalue weighted by atomic mass is 9.89. The quantitative estimate of drug-likeness (QED) is 0.878. The van der Waals surface area contributed by atoms with Crippen molar-refractivity contribution in [2.75, 3.05) is 39.8 Å². The molecule has 1 aliphatic rings. The molecular formula is C16H27N3O3S. The molecule has 7 heteroatoms. The first kappa shape index (κ1) is 18.3. The molecule has 0 saturated carbocycles. The first-order valence-corrected chi connectivity index (χ1v) is 8.82. The maximum Gasteiger partial charge on any atom is 0.273 e. The van der Waals surface area contributed by atoms with E-state index < -0.39 is 0 Å². The number of nitrogens with zero attached hydrogens (tertiary/aromatic N) is 3. The molecule has 23 heavy (non-hydrogen) atoms. The Bertz CT molecular complexity index is 519. The fourth-order valence-electron chi connectivity index (χ4n) is 2.41. The van der Waals surface area contributed by atoms with Gasteiger partial charge in [0.15, 0.2) is 0 Å². The molecule has 1 N–H and O–H groups in total. The summed E-state index contributed by atoms with van der Waals surface area (Å²) in [5, 5.41) is 12.8. The highest BCUT2D eigenvalue weighted by molar-refractivity contribution is 7.09. The molecule has 2 heterocycles. The Kier molecular flexibility index (Phi) is 6.13. The molecule has 6 nitrogen and oxygen atoms in total. The number of thiazole rings is 1. The molecule has 0 bridgehead atoms. The van der Waals surface area contributed by atoms with Crippen LogP contribution in [0, 0.1) is 5.41 Å². The fourth-order valence-corrected chi connectivity index (χ4v) is 3.15. The maximum absolute atomic E-state index is 12.5. The molecule has 0 spiro atoms. The van der Waals surface area contributed by atoms with Crippen LogP contribution in [0.3, 0.4) is 0 Å². The van der Waals surface area contributed by atoms with E-state index in [2.05, 4.69) is 9.88 Å². The van der Waals surface area contributed by atoms with Gasteiger partial charge in [0.1, 0.15) is 10.7 Å². The van der Waals surface area contributed by atoms with Crippen LogP contribution in [0.1, 0.15) is 36.3 Å². The summed E-state index contributed by atoms with van der Waals surface area (Å²) in [5.41, 5.74) is 0.385. The Hall–Kier alpha value is -1.02. The van der Waals surface area contributed by atoms with Crippen molar-refractivity contribution in [3.63, 3.8) is 0 Å². The van der Waals surface area contributed by atoms with Gasteiger partial charge in [0.05, 0.1) is 12.7 Å². The van der Waals surface area contributed by atoms with E-state index in [1.54, 1.807) is 12.5 Å². The molecule has 130 valence electrons. The van der Waals surface area contributed by atoms with Crippen LogP contribution in [-0.2, 0) is 11.3 Å². The van der Waals surface area contributed by atoms with Gasteiger partial charge < -0.3 is 14.7 Å². The summed E-state index contributed by atoms with van der Waals surface area (Å²) in [7, 11) is 1.62. The van der Waals surface area contributed by atoms with E-state index in [4.69, 9.17) is 4.74 Å². The van der Waals surface area contributed by atoms with Gasteiger partial charge in [-0.25, -0.2) is 4.98 Å². The number of rotatable bonds is 5. The Balaban J connectivity index is 1.84. The van der Waals surface area contributed by atoms with Gasteiger partial charge in [-0.2, -0.15) is 0 Å². The number of aliphatic hydroxyl groups excluding tert-OH is 1. The summed E-state index contributed by atoms with van der Waals surface area (Å²) in [5.74, 6) is -0.0142. The highest BCUT2D eigenvalue weighted by Crippen LogP contribution is 2.20. The van der Waals surface area contributed by atoms with Gasteiger partial charge in [-0.1, -0.05) is 20.8 Å². The van der Waals surface area contributed by atoms with Crippen molar-refractivity contribution < 1.29 is 14.6 Å². The van der Waals surface area contributed by atoms with Crippen LogP contribution < -0.4 is 0 Å². The van der Waals surface area contributed by atoms with Gasteiger partial charge in [0.25, 0.3) is 5.91 Å². The van der Waals surface area contributed by atoms with E-state index >= 15 is 0 Å². The maximum atomic E-state index is 12.5. The molecule has 0 aromatic carbocycles. The zero-order valence-electron chi connectivity index (χ0n) is 14.4. The number of ether oxygens (including phenoxy) is 1. The summed E-state index contributed by atoms with van der Waals surface area (Å²) in [4.78, 5) is 20.8. The van der Waals surface area contributed by atoms with Crippen molar-refractivity contribution in [2.24, 2.45) is 5.41 Å². The van der Waals surface area contributed by atoms with Crippen LogP contribution in [0.25, 0.3) is 0 Å². The molecule has 1 aliphatic heterocycles. The Morgan fingerprint density at radius 2 is 2.04 bits per heavy atom. The molecule has 1 atom stereocenters. The SMILES string of the molecule is COCc1nc(C(=O)N2CCN(CC(O)C(C)(C)C)CC2)cs1. The largest absolute Gasteiger partial charge is 0.391 e. The van der Waals surface area contributed by atoms with Gasteiger partial charge in [-0.15, -0.1) is 11.3 Å². The topological polar surface area (TPSA) is 65.9 Å². The lowest BCUT2D eigenvalue weighted by molar-refractivity contribution is 0.0136. The van der Waals surface area contributed by atoms with Crippen LogP contribution >= 0.6 is 11.3 Å². The van der Waals surface area contributed by atoms with Gasteiger partial charge in [0.2, 0.25) is 0 Å². The highest BCUT2D eigenvalue weighted by Gasteiger charge is 2.28. The average Bonchev–Trinajstić information content (AvgIpc) is 2.95. The minimum atomic E-state index is -0.361. The van der Waals surface area contributed by atoms with Crippen molar-refractivity contribution in [3.8, 4) is 0 Å².